The van der Waals surface area contributed by atoms with E-state index in [2.05, 4.69) is 56.9 Å². The molecule has 0 N–H and O–H groups in total. The minimum Gasteiger partial charge on any atom is -0.192 e. The van der Waals surface area contributed by atoms with Gasteiger partial charge in [0.2, 0.25) is 0 Å². The summed E-state index contributed by atoms with van der Waals surface area (Å²) in [5, 5.41) is 8.90. The van der Waals surface area contributed by atoms with Crippen molar-refractivity contribution in [3.05, 3.63) is 59.7 Å². The van der Waals surface area contributed by atoms with Gasteiger partial charge < -0.3 is 0 Å². The fraction of sp³-hybridized carbons (Fsp3) is 0.381. The summed E-state index contributed by atoms with van der Waals surface area (Å²) in [5.41, 5.74) is 5.34. The first kappa shape index (κ1) is 17.5. The Morgan fingerprint density at radius 2 is 1.43 bits per heavy atom. The van der Waals surface area contributed by atoms with Crippen molar-refractivity contribution in [1.29, 1.82) is 5.26 Å². The zero-order valence-electron chi connectivity index (χ0n) is 14.8. The number of nitriles is 1. The van der Waals surface area contributed by atoms with Crippen LogP contribution in [0.5, 0.6) is 0 Å². The summed E-state index contributed by atoms with van der Waals surface area (Å²) in [4.78, 5) is 0. The molecule has 0 saturated carbocycles. The van der Waals surface area contributed by atoms with Gasteiger partial charge in [-0.1, -0.05) is 75.8 Å². The van der Waals surface area contributed by atoms with Crippen molar-refractivity contribution in [2.45, 2.75) is 51.4 Å². The predicted molar refractivity (Wildman–Crippen MR) is 102 cm³/mol. The van der Waals surface area contributed by atoms with Crippen LogP contribution in [0.2, 0.25) is 19.6 Å². The van der Waals surface area contributed by atoms with Crippen LogP contribution in [0.4, 0.5) is 0 Å². The SMILES string of the molecule is CCCCC(c1ccc(-c2ccc(C#N)cc2)cc1)[Si](C)(C)C. The molecule has 0 radical (unpaired) electrons. The molecule has 2 aromatic rings. The highest BCUT2D eigenvalue weighted by Crippen LogP contribution is 2.33. The maximum absolute atomic E-state index is 8.90. The summed E-state index contributed by atoms with van der Waals surface area (Å²) in [6.45, 7) is 9.70. The molecular weight excluding hydrogens is 294 g/mol. The van der Waals surface area contributed by atoms with E-state index in [9.17, 15) is 0 Å². The van der Waals surface area contributed by atoms with Crippen LogP contribution >= 0.6 is 0 Å². The molecule has 1 unspecified atom stereocenters. The van der Waals surface area contributed by atoms with E-state index in [-0.39, 0.29) is 0 Å². The van der Waals surface area contributed by atoms with Crippen molar-refractivity contribution >= 4 is 8.07 Å². The van der Waals surface area contributed by atoms with E-state index < -0.39 is 8.07 Å². The second-order valence-corrected chi connectivity index (χ2v) is 12.8. The highest BCUT2D eigenvalue weighted by Gasteiger charge is 2.27. The summed E-state index contributed by atoms with van der Waals surface area (Å²) in [7, 11) is -1.21. The van der Waals surface area contributed by atoms with Gasteiger partial charge in [0, 0.05) is 0 Å². The maximum Gasteiger partial charge on any atom is 0.0991 e. The van der Waals surface area contributed by atoms with Crippen LogP contribution in [-0.4, -0.2) is 8.07 Å². The van der Waals surface area contributed by atoms with E-state index in [1.54, 1.807) is 0 Å². The molecule has 0 bridgehead atoms. The normalized spacial score (nSPS) is 12.7. The molecule has 0 aliphatic rings. The minimum atomic E-state index is -1.21. The van der Waals surface area contributed by atoms with E-state index >= 15 is 0 Å². The Balaban J connectivity index is 2.24. The zero-order valence-corrected chi connectivity index (χ0v) is 15.8. The summed E-state index contributed by atoms with van der Waals surface area (Å²) in [6.07, 6.45) is 3.89. The summed E-state index contributed by atoms with van der Waals surface area (Å²) in [6, 6.07) is 19.1. The lowest BCUT2D eigenvalue weighted by atomic mass is 10.00. The number of benzene rings is 2. The van der Waals surface area contributed by atoms with Crippen LogP contribution in [0.25, 0.3) is 11.1 Å². The van der Waals surface area contributed by atoms with Crippen LogP contribution < -0.4 is 0 Å². The lowest BCUT2D eigenvalue weighted by Gasteiger charge is -2.29. The third-order valence-electron chi connectivity index (χ3n) is 4.55. The Morgan fingerprint density at radius 1 is 0.913 bits per heavy atom. The quantitative estimate of drug-likeness (QED) is 0.566. The number of unbranched alkanes of at least 4 members (excludes halogenated alkanes) is 1. The van der Waals surface area contributed by atoms with Crippen molar-refractivity contribution in [2.75, 3.05) is 0 Å². The molecule has 23 heavy (non-hydrogen) atoms. The summed E-state index contributed by atoms with van der Waals surface area (Å²) < 4.78 is 0. The van der Waals surface area contributed by atoms with Gasteiger partial charge in [0.1, 0.15) is 0 Å². The number of rotatable bonds is 6. The Labute approximate surface area is 142 Å². The van der Waals surface area contributed by atoms with E-state index in [4.69, 9.17) is 5.26 Å². The standard InChI is InChI=1S/C21H27NSi/c1-5-6-7-21(23(2,3)4)20-14-12-19(13-15-20)18-10-8-17(16-22)9-11-18/h8-15,21H,5-7H2,1-4H3. The number of nitrogens with zero attached hydrogens (tertiary/aromatic N) is 1. The minimum absolute atomic E-state index is 0.712. The first-order valence-electron chi connectivity index (χ1n) is 8.56. The fourth-order valence-corrected chi connectivity index (χ4v) is 5.42. The molecule has 0 spiro atoms. The molecule has 0 aliphatic carbocycles. The monoisotopic (exact) mass is 321 g/mol. The van der Waals surface area contributed by atoms with Gasteiger partial charge in [-0.05, 0) is 40.8 Å². The molecule has 0 heterocycles. The van der Waals surface area contributed by atoms with Crippen molar-refractivity contribution in [3.8, 4) is 17.2 Å². The number of hydrogen-bond acceptors (Lipinski definition) is 1. The first-order chi connectivity index (χ1) is 11.0. The van der Waals surface area contributed by atoms with Gasteiger partial charge >= 0.3 is 0 Å². The summed E-state index contributed by atoms with van der Waals surface area (Å²) in [5.74, 6) is 0. The first-order valence-corrected chi connectivity index (χ1v) is 12.1. The Kier molecular flexibility index (Phi) is 5.79. The van der Waals surface area contributed by atoms with Gasteiger partial charge in [0.05, 0.1) is 19.7 Å². The molecule has 2 aromatic carbocycles. The second-order valence-electron chi connectivity index (χ2n) is 7.37. The zero-order chi connectivity index (χ0) is 16.9. The van der Waals surface area contributed by atoms with Gasteiger partial charge in [0.15, 0.2) is 0 Å². The van der Waals surface area contributed by atoms with Crippen molar-refractivity contribution in [2.24, 2.45) is 0 Å². The van der Waals surface area contributed by atoms with Gasteiger partial charge in [-0.2, -0.15) is 5.26 Å². The van der Waals surface area contributed by atoms with E-state index in [0.717, 1.165) is 5.54 Å². The Bertz CT molecular complexity index is 657. The molecule has 1 nitrogen and oxygen atoms in total. The van der Waals surface area contributed by atoms with Crippen molar-refractivity contribution in [3.63, 3.8) is 0 Å². The van der Waals surface area contributed by atoms with Crippen LogP contribution in [0.1, 0.15) is 42.9 Å². The average molecular weight is 322 g/mol. The lowest BCUT2D eigenvalue weighted by molar-refractivity contribution is 0.685. The topological polar surface area (TPSA) is 23.8 Å². The van der Waals surface area contributed by atoms with Crippen LogP contribution in [0.15, 0.2) is 48.5 Å². The van der Waals surface area contributed by atoms with Crippen LogP contribution in [0, 0.1) is 11.3 Å². The van der Waals surface area contributed by atoms with Gasteiger partial charge in [-0.25, -0.2) is 0 Å². The molecule has 1 atom stereocenters. The van der Waals surface area contributed by atoms with Gasteiger partial charge in [-0.3, -0.25) is 0 Å². The number of hydrogen-bond donors (Lipinski definition) is 0. The summed E-state index contributed by atoms with van der Waals surface area (Å²) >= 11 is 0. The van der Waals surface area contributed by atoms with E-state index in [0.29, 0.717) is 5.56 Å². The highest BCUT2D eigenvalue weighted by atomic mass is 28.3. The fourth-order valence-electron chi connectivity index (χ4n) is 3.15. The van der Waals surface area contributed by atoms with E-state index in [1.165, 1.54) is 36.0 Å². The maximum atomic E-state index is 8.90. The smallest absolute Gasteiger partial charge is 0.0991 e. The Morgan fingerprint density at radius 3 is 1.87 bits per heavy atom. The molecule has 120 valence electrons. The average Bonchev–Trinajstić information content (AvgIpc) is 2.55. The largest absolute Gasteiger partial charge is 0.192 e. The molecule has 0 saturated heterocycles. The molecular formula is C21H27NSi. The van der Waals surface area contributed by atoms with Crippen LogP contribution in [-0.2, 0) is 0 Å². The van der Waals surface area contributed by atoms with Gasteiger partial charge in [-0.15, -0.1) is 0 Å². The molecule has 0 fully saturated rings. The molecule has 0 aromatic heterocycles. The second kappa shape index (κ2) is 7.61. The Hall–Kier alpha value is -1.85. The predicted octanol–water partition coefficient (Wildman–Crippen LogP) is 6.38. The van der Waals surface area contributed by atoms with Crippen molar-refractivity contribution < 1.29 is 0 Å². The molecule has 0 amide bonds. The van der Waals surface area contributed by atoms with Crippen LogP contribution in [0.3, 0.4) is 0 Å². The van der Waals surface area contributed by atoms with Crippen molar-refractivity contribution in [1.82, 2.24) is 0 Å². The highest BCUT2D eigenvalue weighted by molar-refractivity contribution is 6.77. The lowest BCUT2D eigenvalue weighted by Crippen LogP contribution is -2.31. The van der Waals surface area contributed by atoms with E-state index in [1.807, 2.05) is 24.3 Å². The molecule has 0 aliphatic heterocycles. The molecule has 2 heteroatoms. The van der Waals surface area contributed by atoms with Gasteiger partial charge in [0.25, 0.3) is 0 Å². The third-order valence-corrected chi connectivity index (χ3v) is 7.26. The third kappa shape index (κ3) is 4.56. The molecule has 2 rings (SSSR count).